The normalized spacial score (nSPS) is 9.87. The number of aromatic carboxylic acids is 2. The van der Waals surface area contributed by atoms with Gasteiger partial charge in [-0.2, -0.15) is 0 Å². The van der Waals surface area contributed by atoms with Crippen LogP contribution in [0.3, 0.4) is 0 Å². The first-order chi connectivity index (χ1) is 10.2. The monoisotopic (exact) mass is 364 g/mol. The van der Waals surface area contributed by atoms with Crippen molar-refractivity contribution in [2.24, 2.45) is 0 Å². The van der Waals surface area contributed by atoms with Crippen LogP contribution >= 0.6 is 0 Å². The first kappa shape index (κ1) is 21.0. The fourth-order valence-electron chi connectivity index (χ4n) is 1.69. The van der Waals surface area contributed by atoms with Crippen LogP contribution in [0, 0.1) is 0 Å². The minimum atomic E-state index is -0.879. The number of carbonyl (C=O) groups is 2. The number of carboxylic acid groups (broad SMARTS) is 2. The second kappa shape index (κ2) is 9.21. The molecule has 0 spiro atoms. The van der Waals surface area contributed by atoms with Crippen LogP contribution in [0.25, 0.3) is 0 Å². The van der Waals surface area contributed by atoms with E-state index >= 15 is 0 Å². The van der Waals surface area contributed by atoms with E-state index in [9.17, 15) is 9.59 Å². The van der Waals surface area contributed by atoms with Crippen molar-refractivity contribution in [2.45, 2.75) is 26.2 Å². The van der Waals surface area contributed by atoms with Gasteiger partial charge in [-0.3, -0.25) is 0 Å². The van der Waals surface area contributed by atoms with Crippen LogP contribution in [0.5, 0.6) is 0 Å². The minimum Gasteiger partial charge on any atom is -0.478 e. The molecule has 2 N–H and O–H groups in total. The van der Waals surface area contributed by atoms with Crippen LogP contribution in [0.15, 0.2) is 54.6 Å². The third kappa shape index (κ3) is 7.20. The second-order valence-electron chi connectivity index (χ2n) is 5.80. The van der Waals surface area contributed by atoms with Crippen LogP contribution in [0.4, 0.5) is 0 Å². The molecule has 2 aromatic rings. The molecule has 0 fully saturated rings. The molecule has 2 rings (SSSR count). The standard InChI is InChI=1S/C11H14O2.C7H6O2.Zn/c1-11(2,3)9-6-4-8(5-7-9)10(12)13;8-7(9)6-4-2-1-3-5-6;/h4-7H,1-3H3,(H,12,13);1-5H,(H,8,9);. The molecule has 0 saturated carbocycles. The van der Waals surface area contributed by atoms with Gasteiger partial charge in [-0.15, -0.1) is 0 Å². The Morgan fingerprint density at radius 3 is 1.43 bits per heavy atom. The molecule has 0 unspecified atom stereocenters. The Morgan fingerprint density at radius 1 is 0.739 bits per heavy atom. The molecule has 2 aromatic carbocycles. The first-order valence-corrected chi connectivity index (χ1v) is 6.84. The van der Waals surface area contributed by atoms with Gasteiger partial charge in [0, 0.05) is 19.5 Å². The number of carboxylic acids is 2. The summed E-state index contributed by atoms with van der Waals surface area (Å²) in [6.45, 7) is 6.30. The smallest absolute Gasteiger partial charge is 0.335 e. The molecule has 0 aliphatic rings. The number of benzene rings is 2. The third-order valence-corrected chi connectivity index (χ3v) is 3.02. The van der Waals surface area contributed by atoms with E-state index < -0.39 is 11.9 Å². The van der Waals surface area contributed by atoms with Gasteiger partial charge in [-0.1, -0.05) is 51.1 Å². The van der Waals surface area contributed by atoms with Crippen molar-refractivity contribution in [3.05, 3.63) is 71.3 Å². The molecular weight excluding hydrogens is 346 g/mol. The van der Waals surface area contributed by atoms with Crippen LogP contribution in [-0.4, -0.2) is 22.2 Å². The summed E-state index contributed by atoms with van der Waals surface area (Å²) in [6, 6.07) is 15.3. The first-order valence-electron chi connectivity index (χ1n) is 6.84. The summed E-state index contributed by atoms with van der Waals surface area (Å²) in [4.78, 5) is 20.8. The molecule has 5 heteroatoms. The Bertz CT molecular complexity index is 628. The Morgan fingerprint density at radius 2 is 1.13 bits per heavy atom. The van der Waals surface area contributed by atoms with Crippen molar-refractivity contribution in [1.29, 1.82) is 0 Å². The summed E-state index contributed by atoms with van der Waals surface area (Å²) >= 11 is 0. The van der Waals surface area contributed by atoms with Crippen molar-refractivity contribution >= 4 is 11.9 Å². The van der Waals surface area contributed by atoms with Crippen molar-refractivity contribution in [1.82, 2.24) is 0 Å². The average molecular weight is 366 g/mol. The van der Waals surface area contributed by atoms with E-state index in [0.717, 1.165) is 5.56 Å². The second-order valence-corrected chi connectivity index (χ2v) is 5.80. The van der Waals surface area contributed by atoms with Crippen molar-refractivity contribution in [3.63, 3.8) is 0 Å². The predicted molar refractivity (Wildman–Crippen MR) is 85.5 cm³/mol. The van der Waals surface area contributed by atoms with Gasteiger partial charge in [0.15, 0.2) is 0 Å². The van der Waals surface area contributed by atoms with Crippen LogP contribution in [0.1, 0.15) is 47.1 Å². The number of hydrogen-bond acceptors (Lipinski definition) is 2. The molecule has 0 aliphatic heterocycles. The van der Waals surface area contributed by atoms with E-state index in [0.29, 0.717) is 11.1 Å². The average Bonchev–Trinajstić information content (AvgIpc) is 2.48. The zero-order chi connectivity index (χ0) is 16.8. The van der Waals surface area contributed by atoms with Crippen molar-refractivity contribution < 1.29 is 39.3 Å². The Labute approximate surface area is 148 Å². The van der Waals surface area contributed by atoms with E-state index in [1.165, 1.54) is 0 Å². The van der Waals surface area contributed by atoms with E-state index in [1.807, 2.05) is 12.1 Å². The SMILES string of the molecule is CC(C)(C)c1ccc(C(=O)O)cc1.O=C(O)c1ccccc1.[Zn]. The van der Waals surface area contributed by atoms with Gasteiger partial charge in [0.25, 0.3) is 0 Å². The molecule has 0 atom stereocenters. The fourth-order valence-corrected chi connectivity index (χ4v) is 1.69. The van der Waals surface area contributed by atoms with Crippen LogP contribution < -0.4 is 0 Å². The molecule has 118 valence electrons. The molecule has 0 heterocycles. The van der Waals surface area contributed by atoms with E-state index in [2.05, 4.69) is 20.8 Å². The molecule has 0 amide bonds. The zero-order valence-corrected chi connectivity index (χ0v) is 16.6. The van der Waals surface area contributed by atoms with Gasteiger partial charge in [-0.25, -0.2) is 9.59 Å². The van der Waals surface area contributed by atoms with Gasteiger partial charge < -0.3 is 10.2 Å². The number of rotatable bonds is 2. The van der Waals surface area contributed by atoms with E-state index in [1.54, 1.807) is 42.5 Å². The maximum Gasteiger partial charge on any atom is 0.335 e. The van der Waals surface area contributed by atoms with Gasteiger partial charge >= 0.3 is 11.9 Å². The molecule has 0 bridgehead atoms. The largest absolute Gasteiger partial charge is 0.478 e. The summed E-state index contributed by atoms with van der Waals surface area (Å²) < 4.78 is 0. The van der Waals surface area contributed by atoms with E-state index in [-0.39, 0.29) is 24.9 Å². The van der Waals surface area contributed by atoms with Crippen LogP contribution in [0.2, 0.25) is 0 Å². The van der Waals surface area contributed by atoms with Crippen molar-refractivity contribution in [3.8, 4) is 0 Å². The Balaban J connectivity index is 0.000000427. The summed E-state index contributed by atoms with van der Waals surface area (Å²) in [7, 11) is 0. The predicted octanol–water partition coefficient (Wildman–Crippen LogP) is 4.06. The van der Waals surface area contributed by atoms with E-state index in [4.69, 9.17) is 10.2 Å². The Kier molecular flexibility index (Phi) is 8.41. The minimum absolute atomic E-state index is 0. The summed E-state index contributed by atoms with van der Waals surface area (Å²) in [5.74, 6) is -1.75. The molecular formula is C18H20O4Zn. The molecule has 0 aromatic heterocycles. The zero-order valence-electron chi connectivity index (χ0n) is 13.6. The topological polar surface area (TPSA) is 74.6 Å². The molecule has 23 heavy (non-hydrogen) atoms. The maximum atomic E-state index is 10.6. The van der Waals surface area contributed by atoms with Gasteiger partial charge in [0.05, 0.1) is 11.1 Å². The molecule has 0 saturated heterocycles. The third-order valence-electron chi connectivity index (χ3n) is 3.02. The Hall–Kier alpha value is -2.00. The summed E-state index contributed by atoms with van der Waals surface area (Å²) in [5.41, 5.74) is 1.90. The van der Waals surface area contributed by atoms with Gasteiger partial charge in [-0.05, 0) is 35.2 Å². The van der Waals surface area contributed by atoms with Crippen molar-refractivity contribution in [2.75, 3.05) is 0 Å². The quantitative estimate of drug-likeness (QED) is 0.787. The van der Waals surface area contributed by atoms with Gasteiger partial charge in [0.2, 0.25) is 0 Å². The molecule has 4 nitrogen and oxygen atoms in total. The summed E-state index contributed by atoms with van der Waals surface area (Å²) in [6.07, 6.45) is 0. The number of hydrogen-bond donors (Lipinski definition) is 2. The molecule has 0 radical (unpaired) electrons. The molecule has 0 aliphatic carbocycles. The van der Waals surface area contributed by atoms with Crippen LogP contribution in [-0.2, 0) is 24.9 Å². The summed E-state index contributed by atoms with van der Waals surface area (Å²) in [5, 5.41) is 17.1. The van der Waals surface area contributed by atoms with Gasteiger partial charge in [0.1, 0.15) is 0 Å². The fraction of sp³-hybridized carbons (Fsp3) is 0.222. The maximum absolute atomic E-state index is 10.6.